The Labute approximate surface area is 483 Å². The van der Waals surface area contributed by atoms with Crippen molar-refractivity contribution in [3.63, 3.8) is 0 Å². The van der Waals surface area contributed by atoms with E-state index < -0.39 is 0 Å². The molecule has 4 heterocycles. The summed E-state index contributed by atoms with van der Waals surface area (Å²) in [5.41, 5.74) is 12.6. The fraction of sp³-hybridized carbons (Fsp3) is 0. The van der Waals surface area contributed by atoms with Crippen molar-refractivity contribution < 1.29 is 0 Å². The molecule has 8 heteroatoms. The van der Waals surface area contributed by atoms with Crippen LogP contribution in [0.3, 0.4) is 0 Å². The van der Waals surface area contributed by atoms with Crippen molar-refractivity contribution in [3.8, 4) is 102 Å². The van der Waals surface area contributed by atoms with Gasteiger partial charge in [0.1, 0.15) is 0 Å². The summed E-state index contributed by atoms with van der Waals surface area (Å²) in [5.74, 6) is 3.61. The van der Waals surface area contributed by atoms with Crippen LogP contribution in [-0.4, -0.2) is 39.9 Å². The van der Waals surface area contributed by atoms with Gasteiger partial charge in [0, 0.05) is 67.7 Å². The molecule has 0 spiro atoms. The van der Waals surface area contributed by atoms with E-state index >= 15 is 0 Å². The second kappa shape index (κ2) is 20.3. The minimum Gasteiger partial charge on any atom is -0.256 e. The van der Waals surface area contributed by atoms with E-state index in [-0.39, 0.29) is 0 Å². The smallest absolute Gasteiger partial charge is 0.164 e. The molecule has 0 aliphatic rings. The maximum atomic E-state index is 5.37. The molecule has 0 fully saturated rings. The average Bonchev–Trinajstić information content (AvgIpc) is 3.72. The number of para-hydroxylation sites is 1. The zero-order valence-corrected chi connectivity index (χ0v) is 45.1. The van der Waals surface area contributed by atoms with Crippen LogP contribution in [0.5, 0.6) is 0 Å². The number of aromatic nitrogens is 8. The van der Waals surface area contributed by atoms with E-state index in [0.29, 0.717) is 34.9 Å². The SMILES string of the molecule is c1ccc(-c2nc(-c3ccc(-c4cnc5ccccc5c4)cc3)nc(-c3ccc(-c4cccc5c(-c6ccc(-c7nc(-c8cc9ccccc9c9ccccc89)nc(-c8cc9ccccc9c9ccccc89)n7)cc6)nccc45)cc3)n2)cc1. The molecule has 0 aliphatic carbocycles. The number of benzene rings is 12. The van der Waals surface area contributed by atoms with Crippen LogP contribution in [0.15, 0.2) is 279 Å². The first-order valence-electron chi connectivity index (χ1n) is 28.0. The van der Waals surface area contributed by atoms with Crippen LogP contribution in [0.4, 0.5) is 0 Å². The molecule has 0 aliphatic heterocycles. The van der Waals surface area contributed by atoms with Gasteiger partial charge in [-0.1, -0.05) is 237 Å². The molecule has 12 aromatic carbocycles. The maximum Gasteiger partial charge on any atom is 0.164 e. The minimum absolute atomic E-state index is 0.585. The molecule has 0 N–H and O–H groups in total. The Balaban J connectivity index is 0.747. The van der Waals surface area contributed by atoms with E-state index in [2.05, 4.69) is 218 Å². The quantitative estimate of drug-likeness (QED) is 0.132. The third kappa shape index (κ3) is 8.65. The predicted molar refractivity (Wildman–Crippen MR) is 343 cm³/mol. The molecule has 16 rings (SSSR count). The normalized spacial score (nSPS) is 11.6. The zero-order chi connectivity index (χ0) is 55.5. The highest BCUT2D eigenvalue weighted by Gasteiger charge is 2.20. The van der Waals surface area contributed by atoms with Crippen molar-refractivity contribution in [2.75, 3.05) is 0 Å². The lowest BCUT2D eigenvalue weighted by Crippen LogP contribution is -2.01. The van der Waals surface area contributed by atoms with Gasteiger partial charge in [0.05, 0.1) is 11.2 Å². The summed E-state index contributed by atoms with van der Waals surface area (Å²) in [6.45, 7) is 0. The Morgan fingerprint density at radius 2 is 0.607 bits per heavy atom. The number of hydrogen-bond acceptors (Lipinski definition) is 8. The molecule has 390 valence electrons. The summed E-state index contributed by atoms with van der Waals surface area (Å²) in [6.07, 6.45) is 3.83. The maximum absolute atomic E-state index is 5.37. The molecule has 4 aromatic heterocycles. The number of rotatable bonds is 9. The lowest BCUT2D eigenvalue weighted by atomic mass is 9.95. The topological polar surface area (TPSA) is 103 Å². The van der Waals surface area contributed by atoms with Crippen molar-refractivity contribution >= 4 is 64.8 Å². The van der Waals surface area contributed by atoms with Crippen LogP contribution in [-0.2, 0) is 0 Å². The Hall–Kier alpha value is -11.5. The van der Waals surface area contributed by atoms with Gasteiger partial charge in [0.25, 0.3) is 0 Å². The summed E-state index contributed by atoms with van der Waals surface area (Å²) >= 11 is 0. The van der Waals surface area contributed by atoms with Crippen LogP contribution >= 0.6 is 0 Å². The van der Waals surface area contributed by atoms with Crippen molar-refractivity contribution in [3.05, 3.63) is 279 Å². The highest BCUT2D eigenvalue weighted by molar-refractivity contribution is 6.15. The molecule has 0 bridgehead atoms. The van der Waals surface area contributed by atoms with Gasteiger partial charge < -0.3 is 0 Å². The summed E-state index contributed by atoms with van der Waals surface area (Å²) in [4.78, 5) is 40.9. The van der Waals surface area contributed by atoms with Crippen LogP contribution < -0.4 is 0 Å². The minimum atomic E-state index is 0.585. The molecule has 0 atom stereocenters. The van der Waals surface area contributed by atoms with Crippen molar-refractivity contribution in [2.24, 2.45) is 0 Å². The van der Waals surface area contributed by atoms with Gasteiger partial charge in [-0.05, 0) is 95.5 Å². The van der Waals surface area contributed by atoms with Crippen LogP contribution in [0.1, 0.15) is 0 Å². The van der Waals surface area contributed by atoms with Crippen LogP contribution in [0.25, 0.3) is 167 Å². The highest BCUT2D eigenvalue weighted by atomic mass is 15.0. The summed E-state index contributed by atoms with van der Waals surface area (Å²) < 4.78 is 0. The van der Waals surface area contributed by atoms with Gasteiger partial charge in [0.2, 0.25) is 0 Å². The van der Waals surface area contributed by atoms with Gasteiger partial charge in [-0.3, -0.25) is 9.97 Å². The number of hydrogen-bond donors (Lipinski definition) is 0. The second-order valence-corrected chi connectivity index (χ2v) is 21.1. The molecule has 0 saturated heterocycles. The average molecular weight is 1070 g/mol. The van der Waals surface area contributed by atoms with Crippen LogP contribution in [0, 0.1) is 0 Å². The van der Waals surface area contributed by atoms with Gasteiger partial charge in [0.15, 0.2) is 34.9 Å². The lowest BCUT2D eigenvalue weighted by molar-refractivity contribution is 1.07. The monoisotopic (exact) mass is 1070 g/mol. The first kappa shape index (κ1) is 48.4. The molecule has 16 aromatic rings. The number of nitrogens with zero attached hydrogens (tertiary/aromatic N) is 8. The highest BCUT2D eigenvalue weighted by Crippen LogP contribution is 2.40. The molecule has 0 unspecified atom stereocenters. The Morgan fingerprint density at radius 3 is 1.18 bits per heavy atom. The van der Waals surface area contributed by atoms with E-state index in [1.165, 1.54) is 10.8 Å². The van der Waals surface area contributed by atoms with Gasteiger partial charge in [-0.2, -0.15) is 0 Å². The molecular weight excluding hydrogens is 1020 g/mol. The van der Waals surface area contributed by atoms with Crippen LogP contribution in [0.2, 0.25) is 0 Å². The zero-order valence-electron chi connectivity index (χ0n) is 45.1. The van der Waals surface area contributed by atoms with Gasteiger partial charge in [-0.25, -0.2) is 29.9 Å². The largest absolute Gasteiger partial charge is 0.256 e. The Bertz CT molecular complexity index is 5100. The Kier molecular flexibility index (Phi) is 11.7. The van der Waals surface area contributed by atoms with Crippen molar-refractivity contribution in [1.82, 2.24) is 39.9 Å². The van der Waals surface area contributed by atoms with E-state index in [1.807, 2.05) is 60.9 Å². The third-order valence-electron chi connectivity index (χ3n) is 16.1. The first-order valence-corrected chi connectivity index (χ1v) is 28.0. The molecule has 8 nitrogen and oxygen atoms in total. The molecule has 0 saturated carbocycles. The van der Waals surface area contributed by atoms with E-state index in [0.717, 1.165) is 121 Å². The van der Waals surface area contributed by atoms with Crippen molar-refractivity contribution in [1.29, 1.82) is 0 Å². The fourth-order valence-electron chi connectivity index (χ4n) is 11.9. The summed E-state index contributed by atoms with van der Waals surface area (Å²) in [7, 11) is 0. The number of fused-ring (bicyclic) bond motifs is 8. The van der Waals surface area contributed by atoms with E-state index in [4.69, 9.17) is 39.9 Å². The fourth-order valence-corrected chi connectivity index (χ4v) is 11.9. The van der Waals surface area contributed by atoms with E-state index in [1.54, 1.807) is 0 Å². The molecule has 0 amide bonds. The standard InChI is InChI=1S/C76H46N8/c1-2-15-50(16-3-1)71-79-72(51-35-29-47(30-36-51)57-43-56-19-6-13-28-69(56)78-46-57)81-73(80-71)52-37-31-48(32-38-52)58-26-14-27-66-65(58)41-42-77-70(66)49-33-39-53(40-34-49)74-82-75(67-44-54-17-4-7-20-59(54)61-22-9-11-24-63(61)67)84-76(83-74)68-45-55-18-5-8-21-60(55)62-23-10-12-25-64(62)68/h1-46H. The third-order valence-corrected chi connectivity index (χ3v) is 16.1. The van der Waals surface area contributed by atoms with Gasteiger partial charge in [-0.15, -0.1) is 0 Å². The second-order valence-electron chi connectivity index (χ2n) is 21.1. The Morgan fingerprint density at radius 1 is 0.202 bits per heavy atom. The van der Waals surface area contributed by atoms with E-state index in [9.17, 15) is 0 Å². The summed E-state index contributed by atoms with van der Waals surface area (Å²) in [6, 6.07) is 92.8. The predicted octanol–water partition coefficient (Wildman–Crippen LogP) is 18.8. The summed E-state index contributed by atoms with van der Waals surface area (Å²) in [5, 5.41) is 12.3. The first-order chi connectivity index (χ1) is 41.6. The molecular formula is C76H46N8. The molecule has 84 heavy (non-hydrogen) atoms. The molecule has 0 radical (unpaired) electrons. The number of pyridine rings is 2. The van der Waals surface area contributed by atoms with Crippen molar-refractivity contribution in [2.45, 2.75) is 0 Å². The van der Waals surface area contributed by atoms with Gasteiger partial charge >= 0.3 is 0 Å². The lowest BCUT2D eigenvalue weighted by Gasteiger charge is -2.14.